The monoisotopic (exact) mass is 291 g/mol. The fourth-order valence-corrected chi connectivity index (χ4v) is 1.94. The summed E-state index contributed by atoms with van der Waals surface area (Å²) < 4.78 is 0. The van der Waals surface area contributed by atoms with Gasteiger partial charge in [0, 0.05) is 11.2 Å². The summed E-state index contributed by atoms with van der Waals surface area (Å²) in [5.74, 6) is 0.669. The van der Waals surface area contributed by atoms with Gasteiger partial charge in [-0.1, -0.05) is 29.8 Å². The zero-order valence-corrected chi connectivity index (χ0v) is 11.8. The molecule has 0 spiro atoms. The van der Waals surface area contributed by atoms with E-state index in [9.17, 15) is 0 Å². The Morgan fingerprint density at radius 3 is 2.32 bits per heavy atom. The largest absolute Gasteiger partial charge is 0.376 e. The van der Waals surface area contributed by atoms with Gasteiger partial charge in [-0.25, -0.2) is 4.98 Å². The smallest absolute Gasteiger partial charge is 0.169 e. The summed E-state index contributed by atoms with van der Waals surface area (Å²) in [6.45, 7) is 0. The summed E-state index contributed by atoms with van der Waals surface area (Å²) in [7, 11) is 0. The molecule has 3 nitrogen and oxygen atoms in total. The quantitative estimate of drug-likeness (QED) is 0.850. The maximum atomic E-state index is 5.85. The molecule has 98 valence electrons. The maximum absolute atomic E-state index is 5.85. The van der Waals surface area contributed by atoms with Crippen molar-refractivity contribution in [1.29, 1.82) is 0 Å². The van der Waals surface area contributed by atoms with Gasteiger partial charge in [0.1, 0.15) is 5.82 Å². The topological polar surface area (TPSA) is 50.9 Å². The van der Waals surface area contributed by atoms with Crippen molar-refractivity contribution >= 4 is 34.7 Å². The molecule has 19 heavy (non-hydrogen) atoms. The summed E-state index contributed by atoms with van der Waals surface area (Å²) in [4.78, 5) is 4.25. The second-order valence-electron chi connectivity index (χ2n) is 4.17. The molecule has 0 saturated heterocycles. The minimum Gasteiger partial charge on any atom is -0.376 e. The Morgan fingerprint density at radius 1 is 1.11 bits per heavy atom. The molecule has 5 heteroatoms. The normalized spacial score (nSPS) is 10.2. The highest BCUT2D eigenvalue weighted by atomic mass is 35.5. The zero-order chi connectivity index (χ0) is 13.7. The molecule has 0 unspecified atom stereocenters. The molecule has 2 rings (SSSR count). The van der Waals surface area contributed by atoms with E-state index in [0.29, 0.717) is 5.82 Å². The highest BCUT2D eigenvalue weighted by Gasteiger charge is 1.99. The number of hydrogen-bond donors (Lipinski definition) is 2. The number of pyridine rings is 1. The minimum absolute atomic E-state index is 0.224. The molecular weight excluding hydrogens is 278 g/mol. The molecule has 2 aromatic rings. The van der Waals surface area contributed by atoms with E-state index in [-0.39, 0.29) is 5.11 Å². The Balaban J connectivity index is 1.92. The van der Waals surface area contributed by atoms with Crippen LogP contribution in [0.15, 0.2) is 42.6 Å². The molecule has 0 aliphatic heterocycles. The molecule has 1 aromatic carbocycles. The summed E-state index contributed by atoms with van der Waals surface area (Å²) >= 11 is 10.6. The number of rotatable bonds is 4. The lowest BCUT2D eigenvalue weighted by Crippen LogP contribution is -2.19. The standard InChI is InChI=1S/C14H14ClN3S/c15-12-6-3-10(4-7-12)1-2-11-5-8-13(17-9-11)18-14(16)19/h3-9H,1-2H2,(H3,16,17,18,19). The first kappa shape index (κ1) is 13.8. The van der Waals surface area contributed by atoms with Crippen LogP contribution in [0.2, 0.25) is 5.02 Å². The Bertz CT molecular complexity index is 552. The fraction of sp³-hybridized carbons (Fsp3) is 0.143. The fourth-order valence-electron chi connectivity index (χ4n) is 1.71. The highest BCUT2D eigenvalue weighted by molar-refractivity contribution is 7.80. The van der Waals surface area contributed by atoms with Crippen molar-refractivity contribution in [3.63, 3.8) is 0 Å². The number of aromatic nitrogens is 1. The van der Waals surface area contributed by atoms with Crippen LogP contribution in [0.5, 0.6) is 0 Å². The van der Waals surface area contributed by atoms with E-state index in [2.05, 4.69) is 10.3 Å². The molecular formula is C14H14ClN3S. The number of benzene rings is 1. The molecule has 0 fully saturated rings. The third-order valence-corrected chi connectivity index (χ3v) is 3.05. The molecule has 0 aliphatic carbocycles. The average Bonchev–Trinajstić information content (AvgIpc) is 2.39. The van der Waals surface area contributed by atoms with Gasteiger partial charge in [0.15, 0.2) is 5.11 Å². The third-order valence-electron chi connectivity index (χ3n) is 2.69. The molecule has 1 heterocycles. The van der Waals surface area contributed by atoms with Crippen LogP contribution in [0.3, 0.4) is 0 Å². The van der Waals surface area contributed by atoms with E-state index in [4.69, 9.17) is 29.6 Å². The lowest BCUT2D eigenvalue weighted by Gasteiger charge is -2.05. The molecule has 0 saturated carbocycles. The Kier molecular flexibility index (Phi) is 4.71. The summed E-state index contributed by atoms with van der Waals surface area (Å²) in [6, 6.07) is 11.8. The number of hydrogen-bond acceptors (Lipinski definition) is 2. The van der Waals surface area contributed by atoms with E-state index in [1.807, 2.05) is 42.6 Å². The van der Waals surface area contributed by atoms with Gasteiger partial charge in [-0.3, -0.25) is 0 Å². The lowest BCUT2D eigenvalue weighted by atomic mass is 10.1. The lowest BCUT2D eigenvalue weighted by molar-refractivity contribution is 0.951. The first-order chi connectivity index (χ1) is 9.13. The second kappa shape index (κ2) is 6.50. The molecule has 0 atom stereocenters. The van der Waals surface area contributed by atoms with Crippen LogP contribution >= 0.6 is 23.8 Å². The number of halogens is 1. The van der Waals surface area contributed by atoms with Gasteiger partial charge in [-0.15, -0.1) is 0 Å². The van der Waals surface area contributed by atoms with Gasteiger partial charge in [0.05, 0.1) is 0 Å². The van der Waals surface area contributed by atoms with E-state index >= 15 is 0 Å². The number of nitrogens with two attached hydrogens (primary N) is 1. The molecule has 0 amide bonds. The molecule has 0 radical (unpaired) electrons. The van der Waals surface area contributed by atoms with Crippen LogP contribution in [0.4, 0.5) is 5.82 Å². The number of nitrogens with zero attached hydrogens (tertiary/aromatic N) is 1. The molecule has 1 aromatic heterocycles. The van der Waals surface area contributed by atoms with Crippen LogP contribution in [0.25, 0.3) is 0 Å². The van der Waals surface area contributed by atoms with Crippen LogP contribution in [-0.4, -0.2) is 10.1 Å². The van der Waals surface area contributed by atoms with Crippen LogP contribution in [-0.2, 0) is 12.8 Å². The summed E-state index contributed by atoms with van der Waals surface area (Å²) in [5.41, 5.74) is 7.81. The van der Waals surface area contributed by atoms with Crippen molar-refractivity contribution in [2.24, 2.45) is 5.73 Å². The maximum Gasteiger partial charge on any atom is 0.169 e. The number of anilines is 1. The molecule has 0 aliphatic rings. The van der Waals surface area contributed by atoms with Gasteiger partial charge in [-0.2, -0.15) is 0 Å². The van der Waals surface area contributed by atoms with Gasteiger partial charge < -0.3 is 11.1 Å². The Morgan fingerprint density at radius 2 is 1.74 bits per heavy atom. The average molecular weight is 292 g/mol. The number of aryl methyl sites for hydroxylation is 2. The predicted octanol–water partition coefficient (Wildman–Crippen LogP) is 3.18. The van der Waals surface area contributed by atoms with Crippen molar-refractivity contribution in [3.8, 4) is 0 Å². The van der Waals surface area contributed by atoms with Gasteiger partial charge in [-0.05, 0) is 54.4 Å². The highest BCUT2D eigenvalue weighted by Crippen LogP contribution is 2.12. The summed E-state index contributed by atoms with van der Waals surface area (Å²) in [6.07, 6.45) is 3.72. The Labute approximate surface area is 122 Å². The number of thiocarbonyl (C=S) groups is 1. The zero-order valence-electron chi connectivity index (χ0n) is 10.3. The van der Waals surface area contributed by atoms with E-state index in [0.717, 1.165) is 17.9 Å². The van der Waals surface area contributed by atoms with E-state index < -0.39 is 0 Å². The minimum atomic E-state index is 0.224. The van der Waals surface area contributed by atoms with Crippen LogP contribution < -0.4 is 11.1 Å². The van der Waals surface area contributed by atoms with Crippen molar-refractivity contribution < 1.29 is 0 Å². The van der Waals surface area contributed by atoms with Crippen LogP contribution in [0, 0.1) is 0 Å². The number of nitrogens with one attached hydrogen (secondary N) is 1. The van der Waals surface area contributed by atoms with Crippen molar-refractivity contribution in [3.05, 3.63) is 58.7 Å². The SMILES string of the molecule is NC(=S)Nc1ccc(CCc2ccc(Cl)cc2)cn1. The predicted molar refractivity (Wildman–Crippen MR) is 83.5 cm³/mol. The molecule has 3 N–H and O–H groups in total. The van der Waals surface area contributed by atoms with E-state index in [1.165, 1.54) is 11.1 Å². The van der Waals surface area contributed by atoms with Crippen molar-refractivity contribution in [1.82, 2.24) is 4.98 Å². The first-order valence-corrected chi connectivity index (χ1v) is 6.68. The van der Waals surface area contributed by atoms with Crippen molar-refractivity contribution in [2.45, 2.75) is 12.8 Å². The van der Waals surface area contributed by atoms with Gasteiger partial charge in [0.2, 0.25) is 0 Å². The van der Waals surface area contributed by atoms with Gasteiger partial charge in [0.25, 0.3) is 0 Å². The first-order valence-electron chi connectivity index (χ1n) is 5.89. The van der Waals surface area contributed by atoms with Gasteiger partial charge >= 0.3 is 0 Å². The van der Waals surface area contributed by atoms with E-state index in [1.54, 1.807) is 0 Å². The molecule has 0 bridgehead atoms. The Hall–Kier alpha value is -1.65. The van der Waals surface area contributed by atoms with Crippen molar-refractivity contribution in [2.75, 3.05) is 5.32 Å². The second-order valence-corrected chi connectivity index (χ2v) is 5.04. The summed E-state index contributed by atoms with van der Waals surface area (Å²) in [5, 5.41) is 3.78. The van der Waals surface area contributed by atoms with Crippen LogP contribution in [0.1, 0.15) is 11.1 Å². The third kappa shape index (κ3) is 4.50.